The molecule has 0 aromatic heterocycles. The van der Waals surface area contributed by atoms with Gasteiger partial charge in [-0.15, -0.1) is 0 Å². The molecule has 1 atom stereocenters. The van der Waals surface area contributed by atoms with E-state index in [4.69, 9.17) is 0 Å². The molecule has 0 spiro atoms. The molecule has 28 heavy (non-hydrogen) atoms. The molecule has 7 nitrogen and oxygen atoms in total. The summed E-state index contributed by atoms with van der Waals surface area (Å²) in [4.78, 5) is 14.4. The Labute approximate surface area is 165 Å². The standard InChI is InChI=1S/C19H22N2O5S2/c1-21(2)16-7-5-15(6-8-16)20-19(22)14-3-9-17(10-4-14)28(25,26)18-11-12-27(23,24)13-18/h3-10,18H,11-13H2,1-2H3,(H,20,22)/t18-/m0/s1. The van der Waals surface area contributed by atoms with Gasteiger partial charge in [0.2, 0.25) is 0 Å². The van der Waals surface area contributed by atoms with Gasteiger partial charge in [0, 0.05) is 31.0 Å². The summed E-state index contributed by atoms with van der Waals surface area (Å²) in [5.41, 5.74) is 1.94. The summed E-state index contributed by atoms with van der Waals surface area (Å²) in [6, 6.07) is 12.9. The molecule has 2 aromatic rings. The van der Waals surface area contributed by atoms with E-state index >= 15 is 0 Å². The molecule has 1 aliphatic rings. The molecule has 1 N–H and O–H groups in total. The quantitative estimate of drug-likeness (QED) is 0.791. The minimum atomic E-state index is -3.74. The first-order chi connectivity index (χ1) is 13.1. The molecule has 0 unspecified atom stereocenters. The lowest BCUT2D eigenvalue weighted by Gasteiger charge is -2.13. The first kappa shape index (κ1) is 20.3. The molecule has 1 aliphatic heterocycles. The van der Waals surface area contributed by atoms with Crippen molar-refractivity contribution >= 4 is 37.0 Å². The molecule has 1 heterocycles. The molecule has 9 heteroatoms. The van der Waals surface area contributed by atoms with Crippen LogP contribution in [-0.4, -0.2) is 53.6 Å². The Balaban J connectivity index is 1.72. The first-order valence-corrected chi connectivity index (χ1v) is 12.1. The van der Waals surface area contributed by atoms with E-state index in [1.165, 1.54) is 24.3 Å². The Morgan fingerprint density at radius 3 is 2.14 bits per heavy atom. The number of hydrogen-bond acceptors (Lipinski definition) is 6. The van der Waals surface area contributed by atoms with E-state index in [0.29, 0.717) is 11.3 Å². The SMILES string of the molecule is CN(C)c1ccc(NC(=O)c2ccc(S(=O)(=O)[C@H]3CCS(=O)(=O)C3)cc2)cc1. The smallest absolute Gasteiger partial charge is 0.255 e. The van der Waals surface area contributed by atoms with Gasteiger partial charge in [-0.1, -0.05) is 0 Å². The van der Waals surface area contributed by atoms with Crippen molar-refractivity contribution in [3.8, 4) is 0 Å². The van der Waals surface area contributed by atoms with Crippen LogP contribution in [0.4, 0.5) is 11.4 Å². The molecule has 0 aliphatic carbocycles. The van der Waals surface area contributed by atoms with Gasteiger partial charge in [0.25, 0.3) is 5.91 Å². The minimum Gasteiger partial charge on any atom is -0.378 e. The summed E-state index contributed by atoms with van der Waals surface area (Å²) in [7, 11) is -3.20. The topological polar surface area (TPSA) is 101 Å². The van der Waals surface area contributed by atoms with Crippen LogP contribution in [0.15, 0.2) is 53.4 Å². The summed E-state index contributed by atoms with van der Waals surface area (Å²) < 4.78 is 48.4. The van der Waals surface area contributed by atoms with Crippen LogP contribution in [0, 0.1) is 0 Å². The number of rotatable bonds is 5. The monoisotopic (exact) mass is 422 g/mol. The van der Waals surface area contributed by atoms with Gasteiger partial charge in [0.1, 0.15) is 0 Å². The number of nitrogens with zero attached hydrogens (tertiary/aromatic N) is 1. The van der Waals surface area contributed by atoms with Crippen LogP contribution in [0.5, 0.6) is 0 Å². The average Bonchev–Trinajstić information content (AvgIpc) is 3.03. The Morgan fingerprint density at radius 2 is 1.64 bits per heavy atom. The molecule has 0 saturated carbocycles. The van der Waals surface area contributed by atoms with Crippen molar-refractivity contribution in [2.75, 3.05) is 35.8 Å². The zero-order valence-electron chi connectivity index (χ0n) is 15.6. The fourth-order valence-electron chi connectivity index (χ4n) is 3.04. The summed E-state index contributed by atoms with van der Waals surface area (Å²) >= 11 is 0. The number of carbonyl (C=O) groups excluding carboxylic acids is 1. The van der Waals surface area contributed by atoms with Crippen molar-refractivity contribution in [3.05, 3.63) is 54.1 Å². The second kappa shape index (κ2) is 7.56. The van der Waals surface area contributed by atoms with Crippen molar-refractivity contribution in [1.29, 1.82) is 0 Å². The molecular weight excluding hydrogens is 400 g/mol. The van der Waals surface area contributed by atoms with Crippen molar-refractivity contribution in [3.63, 3.8) is 0 Å². The second-order valence-corrected chi connectivity index (χ2v) is 11.4. The lowest BCUT2D eigenvalue weighted by molar-refractivity contribution is 0.102. The van der Waals surface area contributed by atoms with Crippen LogP contribution < -0.4 is 10.2 Å². The highest BCUT2D eigenvalue weighted by atomic mass is 32.2. The summed E-state index contributed by atoms with van der Waals surface area (Å²) in [6.45, 7) is 0. The molecule has 3 rings (SSSR count). The van der Waals surface area contributed by atoms with E-state index < -0.39 is 24.9 Å². The highest BCUT2D eigenvalue weighted by Crippen LogP contribution is 2.25. The number of nitrogens with one attached hydrogen (secondary N) is 1. The zero-order chi connectivity index (χ0) is 20.5. The molecule has 1 fully saturated rings. The van der Waals surface area contributed by atoms with Gasteiger partial charge < -0.3 is 10.2 Å². The normalized spacial score (nSPS) is 18.6. The zero-order valence-corrected chi connectivity index (χ0v) is 17.3. The van der Waals surface area contributed by atoms with Gasteiger partial charge in [-0.25, -0.2) is 16.8 Å². The van der Waals surface area contributed by atoms with Crippen LogP contribution in [0.2, 0.25) is 0 Å². The van der Waals surface area contributed by atoms with Gasteiger partial charge >= 0.3 is 0 Å². The third kappa shape index (κ3) is 4.36. The maximum Gasteiger partial charge on any atom is 0.255 e. The average molecular weight is 423 g/mol. The van der Waals surface area contributed by atoms with Crippen molar-refractivity contribution in [2.45, 2.75) is 16.6 Å². The molecule has 0 radical (unpaired) electrons. The van der Waals surface area contributed by atoms with E-state index in [-0.39, 0.29) is 28.7 Å². The third-order valence-electron chi connectivity index (χ3n) is 4.72. The van der Waals surface area contributed by atoms with Crippen molar-refractivity contribution in [1.82, 2.24) is 0 Å². The second-order valence-electron chi connectivity index (χ2n) is 6.99. The fourth-order valence-corrected chi connectivity index (χ4v) is 7.40. The van der Waals surface area contributed by atoms with E-state index in [2.05, 4.69) is 5.32 Å². The maximum absolute atomic E-state index is 12.6. The van der Waals surface area contributed by atoms with E-state index in [1.54, 1.807) is 12.1 Å². The predicted molar refractivity (Wildman–Crippen MR) is 109 cm³/mol. The minimum absolute atomic E-state index is 0.0292. The van der Waals surface area contributed by atoms with Crippen LogP contribution in [0.25, 0.3) is 0 Å². The molecule has 0 bridgehead atoms. The van der Waals surface area contributed by atoms with Crippen LogP contribution in [0.3, 0.4) is 0 Å². The van der Waals surface area contributed by atoms with E-state index in [0.717, 1.165) is 5.69 Å². The number of benzene rings is 2. The van der Waals surface area contributed by atoms with Gasteiger partial charge in [0.05, 0.1) is 21.7 Å². The summed E-state index contributed by atoms with van der Waals surface area (Å²) in [5, 5.41) is 1.84. The Morgan fingerprint density at radius 1 is 1.04 bits per heavy atom. The van der Waals surface area contributed by atoms with E-state index in [9.17, 15) is 21.6 Å². The van der Waals surface area contributed by atoms with Crippen LogP contribution in [-0.2, 0) is 19.7 Å². The third-order valence-corrected chi connectivity index (χ3v) is 8.90. The Hall–Kier alpha value is -2.39. The number of sulfone groups is 2. The fraction of sp³-hybridized carbons (Fsp3) is 0.316. The largest absolute Gasteiger partial charge is 0.378 e. The van der Waals surface area contributed by atoms with Gasteiger partial charge in [-0.2, -0.15) is 0 Å². The number of carbonyl (C=O) groups is 1. The number of amides is 1. The highest BCUT2D eigenvalue weighted by molar-refractivity contribution is 7.96. The molecule has 150 valence electrons. The van der Waals surface area contributed by atoms with Gasteiger partial charge in [-0.05, 0) is 55.0 Å². The van der Waals surface area contributed by atoms with Gasteiger partial charge in [-0.3, -0.25) is 4.79 Å². The predicted octanol–water partition coefficient (Wildman–Crippen LogP) is 1.97. The summed E-state index contributed by atoms with van der Waals surface area (Å²) in [6.07, 6.45) is 0.107. The Kier molecular flexibility index (Phi) is 5.49. The van der Waals surface area contributed by atoms with Crippen molar-refractivity contribution < 1.29 is 21.6 Å². The summed E-state index contributed by atoms with van der Waals surface area (Å²) in [5.74, 6) is -0.810. The maximum atomic E-state index is 12.6. The van der Waals surface area contributed by atoms with Crippen LogP contribution in [0.1, 0.15) is 16.8 Å². The van der Waals surface area contributed by atoms with Gasteiger partial charge in [0.15, 0.2) is 19.7 Å². The van der Waals surface area contributed by atoms with E-state index in [1.807, 2.05) is 31.1 Å². The highest BCUT2D eigenvalue weighted by Gasteiger charge is 2.37. The number of hydrogen-bond donors (Lipinski definition) is 1. The lowest BCUT2D eigenvalue weighted by Crippen LogP contribution is -2.22. The van der Waals surface area contributed by atoms with Crippen molar-refractivity contribution in [2.24, 2.45) is 0 Å². The number of anilines is 2. The molecule has 1 saturated heterocycles. The Bertz CT molecular complexity index is 1070. The molecular formula is C19H22N2O5S2. The first-order valence-electron chi connectivity index (χ1n) is 8.72. The molecule has 2 aromatic carbocycles. The van der Waals surface area contributed by atoms with Crippen LogP contribution >= 0.6 is 0 Å². The molecule has 1 amide bonds. The lowest BCUT2D eigenvalue weighted by atomic mass is 10.2.